The van der Waals surface area contributed by atoms with E-state index in [-0.39, 0.29) is 5.69 Å². The molecule has 0 saturated carbocycles. The van der Waals surface area contributed by atoms with Gasteiger partial charge in [-0.1, -0.05) is 0 Å². The number of hydrogen-bond donors (Lipinski definition) is 1. The highest BCUT2D eigenvalue weighted by Crippen LogP contribution is 2.15. The summed E-state index contributed by atoms with van der Waals surface area (Å²) in [7, 11) is 0. The first-order valence-corrected chi connectivity index (χ1v) is 4.96. The number of hydrogen-bond acceptors (Lipinski definition) is 4. The molecule has 2 aromatic rings. The van der Waals surface area contributed by atoms with Crippen molar-refractivity contribution in [1.82, 2.24) is 14.5 Å². The van der Waals surface area contributed by atoms with Gasteiger partial charge in [0.25, 0.3) is 5.56 Å². The second-order valence-corrected chi connectivity index (χ2v) is 3.48. The Kier molecular flexibility index (Phi) is 3.13. The highest BCUT2D eigenvalue weighted by Gasteiger charge is 2.14. The Hall–Kier alpha value is -2.57. The maximum Gasteiger partial charge on any atom is 0.323 e. The first kappa shape index (κ1) is 11.9. The minimum Gasteiger partial charge on any atom is -0.480 e. The van der Waals surface area contributed by atoms with Crippen LogP contribution in [0.5, 0.6) is 0 Å². The van der Waals surface area contributed by atoms with Gasteiger partial charge in [0.2, 0.25) is 5.82 Å². The number of nitrogens with zero attached hydrogens (tertiary/aromatic N) is 3. The molecule has 0 fully saturated rings. The average molecular weight is 249 g/mol. The lowest BCUT2D eigenvalue weighted by atomic mass is 10.2. The van der Waals surface area contributed by atoms with Gasteiger partial charge in [0.05, 0.1) is 6.33 Å². The molecule has 0 spiro atoms. The largest absolute Gasteiger partial charge is 0.480 e. The smallest absolute Gasteiger partial charge is 0.323 e. The minimum atomic E-state index is -1.24. The van der Waals surface area contributed by atoms with Crippen LogP contribution in [-0.4, -0.2) is 25.6 Å². The van der Waals surface area contributed by atoms with E-state index in [4.69, 9.17) is 5.11 Å². The number of carboxylic acids is 1. The number of halogens is 1. The molecule has 0 aliphatic heterocycles. The molecule has 0 aliphatic rings. The maximum absolute atomic E-state index is 13.8. The second kappa shape index (κ2) is 4.74. The van der Waals surface area contributed by atoms with Gasteiger partial charge in [0.1, 0.15) is 12.2 Å². The number of pyridine rings is 1. The molecule has 0 aliphatic carbocycles. The fourth-order valence-electron chi connectivity index (χ4n) is 1.43. The monoisotopic (exact) mass is 249 g/mol. The van der Waals surface area contributed by atoms with Gasteiger partial charge in [0, 0.05) is 18.0 Å². The quantitative estimate of drug-likeness (QED) is 0.857. The normalized spacial score (nSPS) is 10.3. The predicted molar refractivity (Wildman–Crippen MR) is 59.3 cm³/mol. The van der Waals surface area contributed by atoms with E-state index >= 15 is 0 Å². The molecular formula is C11H8FN3O3. The third-order valence-electron chi connectivity index (χ3n) is 2.22. The summed E-state index contributed by atoms with van der Waals surface area (Å²) in [5, 5.41) is 8.55. The van der Waals surface area contributed by atoms with Crippen LogP contribution in [0.4, 0.5) is 4.39 Å². The van der Waals surface area contributed by atoms with Crippen molar-refractivity contribution < 1.29 is 14.3 Å². The Morgan fingerprint density at radius 3 is 2.89 bits per heavy atom. The van der Waals surface area contributed by atoms with Crippen LogP contribution in [0, 0.1) is 5.82 Å². The van der Waals surface area contributed by atoms with E-state index in [1.807, 2.05) is 0 Å². The number of carbonyl (C=O) groups is 1. The topological polar surface area (TPSA) is 85.1 Å². The molecule has 0 atom stereocenters. The van der Waals surface area contributed by atoms with Crippen LogP contribution < -0.4 is 5.56 Å². The Morgan fingerprint density at radius 2 is 2.28 bits per heavy atom. The van der Waals surface area contributed by atoms with Crippen LogP contribution in [-0.2, 0) is 11.3 Å². The summed E-state index contributed by atoms with van der Waals surface area (Å²) in [6, 6.07) is 3.14. The first-order chi connectivity index (χ1) is 8.59. The van der Waals surface area contributed by atoms with Gasteiger partial charge in [-0.25, -0.2) is 4.98 Å². The van der Waals surface area contributed by atoms with Gasteiger partial charge in [0.15, 0.2) is 0 Å². The first-order valence-electron chi connectivity index (χ1n) is 4.96. The van der Waals surface area contributed by atoms with Crippen LogP contribution in [0.3, 0.4) is 0 Å². The highest BCUT2D eigenvalue weighted by molar-refractivity contribution is 5.66. The third-order valence-corrected chi connectivity index (χ3v) is 2.22. The van der Waals surface area contributed by atoms with Crippen LogP contribution >= 0.6 is 0 Å². The SMILES string of the molecule is O=C(O)Cn1cnc(-c2cccnc2)c(F)c1=O. The molecule has 18 heavy (non-hydrogen) atoms. The second-order valence-electron chi connectivity index (χ2n) is 3.48. The van der Waals surface area contributed by atoms with Gasteiger partial charge < -0.3 is 5.11 Å². The summed E-state index contributed by atoms with van der Waals surface area (Å²) in [5.74, 6) is -2.33. The van der Waals surface area contributed by atoms with Crippen molar-refractivity contribution in [3.63, 3.8) is 0 Å². The van der Waals surface area contributed by atoms with E-state index < -0.39 is 23.9 Å². The zero-order chi connectivity index (χ0) is 13.1. The lowest BCUT2D eigenvalue weighted by Crippen LogP contribution is -2.27. The molecular weight excluding hydrogens is 241 g/mol. The van der Waals surface area contributed by atoms with Crippen LogP contribution in [0.15, 0.2) is 35.6 Å². The van der Waals surface area contributed by atoms with Gasteiger partial charge in [-0.2, -0.15) is 4.39 Å². The summed E-state index contributed by atoms with van der Waals surface area (Å²) < 4.78 is 14.5. The maximum atomic E-state index is 13.8. The van der Waals surface area contributed by atoms with Crippen molar-refractivity contribution in [1.29, 1.82) is 0 Å². The number of carboxylic acid groups (broad SMARTS) is 1. The van der Waals surface area contributed by atoms with E-state index in [2.05, 4.69) is 9.97 Å². The fourth-order valence-corrected chi connectivity index (χ4v) is 1.43. The fraction of sp³-hybridized carbons (Fsp3) is 0.0909. The zero-order valence-corrected chi connectivity index (χ0v) is 9.08. The Balaban J connectivity index is 2.51. The molecule has 2 rings (SSSR count). The van der Waals surface area contributed by atoms with Crippen molar-refractivity contribution in [3.8, 4) is 11.3 Å². The van der Waals surface area contributed by atoms with Gasteiger partial charge in [-0.05, 0) is 12.1 Å². The Morgan fingerprint density at radius 1 is 1.50 bits per heavy atom. The van der Waals surface area contributed by atoms with Crippen LogP contribution in [0.1, 0.15) is 0 Å². The summed E-state index contributed by atoms with van der Waals surface area (Å²) in [4.78, 5) is 29.6. The van der Waals surface area contributed by atoms with E-state index in [0.717, 1.165) is 6.33 Å². The number of aliphatic carboxylic acids is 1. The highest BCUT2D eigenvalue weighted by atomic mass is 19.1. The third kappa shape index (κ3) is 2.24. The minimum absolute atomic E-state index is 0.144. The Labute approximate surface area is 100 Å². The van der Waals surface area contributed by atoms with Crippen molar-refractivity contribution in [3.05, 3.63) is 47.0 Å². The summed E-state index contributed by atoms with van der Waals surface area (Å²) in [6.07, 6.45) is 3.88. The van der Waals surface area contributed by atoms with Crippen LogP contribution in [0.2, 0.25) is 0 Å². The lowest BCUT2D eigenvalue weighted by molar-refractivity contribution is -0.137. The van der Waals surface area contributed by atoms with Crippen molar-refractivity contribution >= 4 is 5.97 Å². The number of rotatable bonds is 3. The van der Waals surface area contributed by atoms with E-state index in [1.54, 1.807) is 12.1 Å². The summed E-state index contributed by atoms with van der Waals surface area (Å²) >= 11 is 0. The van der Waals surface area contributed by atoms with Crippen molar-refractivity contribution in [2.75, 3.05) is 0 Å². The molecule has 0 saturated heterocycles. The van der Waals surface area contributed by atoms with Crippen molar-refractivity contribution in [2.24, 2.45) is 0 Å². The number of aromatic nitrogens is 3. The van der Waals surface area contributed by atoms with E-state index in [9.17, 15) is 14.0 Å². The summed E-state index contributed by atoms with van der Waals surface area (Å²) in [5.41, 5.74) is -0.810. The molecule has 6 nitrogen and oxygen atoms in total. The summed E-state index contributed by atoms with van der Waals surface area (Å²) in [6.45, 7) is -0.629. The zero-order valence-electron chi connectivity index (χ0n) is 9.08. The molecule has 92 valence electrons. The van der Waals surface area contributed by atoms with E-state index in [0.29, 0.717) is 10.1 Å². The van der Waals surface area contributed by atoms with Crippen LogP contribution in [0.25, 0.3) is 11.3 Å². The molecule has 0 amide bonds. The lowest BCUT2D eigenvalue weighted by Gasteiger charge is -2.05. The molecule has 7 heteroatoms. The van der Waals surface area contributed by atoms with E-state index in [1.165, 1.54) is 12.4 Å². The van der Waals surface area contributed by atoms with Crippen molar-refractivity contribution in [2.45, 2.75) is 6.54 Å². The predicted octanol–water partition coefficient (Wildman–Crippen LogP) is 0.529. The molecule has 0 unspecified atom stereocenters. The van der Waals surface area contributed by atoms with Gasteiger partial charge >= 0.3 is 5.97 Å². The standard InChI is InChI=1S/C11H8FN3O3/c12-9-10(7-2-1-3-13-4-7)14-6-15(11(9)18)5-8(16)17/h1-4,6H,5H2,(H,16,17). The molecule has 0 radical (unpaired) electrons. The average Bonchev–Trinajstić information content (AvgIpc) is 2.36. The Bertz CT molecular complexity index is 640. The van der Waals surface area contributed by atoms with Gasteiger partial charge in [-0.15, -0.1) is 0 Å². The molecule has 0 bridgehead atoms. The molecule has 2 heterocycles. The molecule has 2 aromatic heterocycles. The molecule has 0 aromatic carbocycles. The van der Waals surface area contributed by atoms with Gasteiger partial charge in [-0.3, -0.25) is 19.1 Å². The molecule has 1 N–H and O–H groups in total.